The summed E-state index contributed by atoms with van der Waals surface area (Å²) < 4.78 is 1.63. The molecular weight excluding hydrogens is 276 g/mol. The number of rotatable bonds is 2. The molecule has 0 spiro atoms. The number of aryl methyl sites for hydroxylation is 1. The molecule has 20 heavy (non-hydrogen) atoms. The number of para-hydroxylation sites is 1. The second-order valence-electron chi connectivity index (χ2n) is 4.37. The number of nitrogens with zero attached hydrogens (tertiary/aromatic N) is 4. The Hall–Kier alpha value is -2.40. The van der Waals surface area contributed by atoms with E-state index in [-0.39, 0.29) is 10.8 Å². The highest BCUT2D eigenvalue weighted by atomic mass is 35.5. The van der Waals surface area contributed by atoms with Gasteiger partial charge >= 0.3 is 0 Å². The summed E-state index contributed by atoms with van der Waals surface area (Å²) in [6.45, 7) is 1.87. The minimum atomic E-state index is 0.0478. The van der Waals surface area contributed by atoms with Gasteiger partial charge in [-0.05, 0) is 47.2 Å². The number of benzene rings is 2. The molecule has 2 aromatic carbocycles. The van der Waals surface area contributed by atoms with Crippen molar-refractivity contribution in [3.05, 3.63) is 53.1 Å². The van der Waals surface area contributed by atoms with Gasteiger partial charge in [0.15, 0.2) is 5.82 Å². The lowest BCUT2D eigenvalue weighted by Crippen LogP contribution is -2.00. The van der Waals surface area contributed by atoms with Crippen LogP contribution < -0.4 is 0 Å². The Morgan fingerprint density at radius 1 is 1.15 bits per heavy atom. The SMILES string of the molecule is Cc1cc(O)c(Cl)cc1-c1nnnn1-c1ccccc1. The number of phenols is 1. The topological polar surface area (TPSA) is 63.8 Å². The van der Waals surface area contributed by atoms with Gasteiger partial charge in [-0.3, -0.25) is 0 Å². The Balaban J connectivity index is 2.18. The van der Waals surface area contributed by atoms with Crippen molar-refractivity contribution in [3.8, 4) is 22.8 Å². The van der Waals surface area contributed by atoms with Crippen molar-refractivity contribution in [2.24, 2.45) is 0 Å². The van der Waals surface area contributed by atoms with Crippen molar-refractivity contribution in [1.29, 1.82) is 0 Å². The summed E-state index contributed by atoms with van der Waals surface area (Å²) in [5, 5.41) is 21.7. The predicted molar refractivity (Wildman–Crippen MR) is 76.0 cm³/mol. The highest BCUT2D eigenvalue weighted by molar-refractivity contribution is 6.32. The first-order valence-electron chi connectivity index (χ1n) is 6.00. The van der Waals surface area contributed by atoms with Crippen LogP contribution in [-0.4, -0.2) is 25.3 Å². The van der Waals surface area contributed by atoms with E-state index in [2.05, 4.69) is 15.5 Å². The monoisotopic (exact) mass is 286 g/mol. The van der Waals surface area contributed by atoms with Crippen LogP contribution in [-0.2, 0) is 0 Å². The minimum absolute atomic E-state index is 0.0478. The molecular formula is C14H11ClN4O. The minimum Gasteiger partial charge on any atom is -0.506 e. The number of tetrazole rings is 1. The van der Waals surface area contributed by atoms with Crippen molar-refractivity contribution < 1.29 is 5.11 Å². The third-order valence-electron chi connectivity index (χ3n) is 3.00. The van der Waals surface area contributed by atoms with Crippen molar-refractivity contribution in [2.45, 2.75) is 6.92 Å². The Labute approximate surface area is 120 Å². The Bertz CT molecular complexity index is 755. The van der Waals surface area contributed by atoms with Crippen molar-refractivity contribution in [3.63, 3.8) is 0 Å². The molecule has 0 fully saturated rings. The van der Waals surface area contributed by atoms with Gasteiger partial charge in [-0.1, -0.05) is 29.8 Å². The molecule has 0 aliphatic heterocycles. The molecule has 0 saturated carbocycles. The second-order valence-corrected chi connectivity index (χ2v) is 4.78. The van der Waals surface area contributed by atoms with Crippen molar-refractivity contribution in [2.75, 3.05) is 0 Å². The molecule has 3 aromatic rings. The average Bonchev–Trinajstić information content (AvgIpc) is 2.93. The summed E-state index contributed by atoms with van der Waals surface area (Å²) in [5.41, 5.74) is 2.48. The first-order chi connectivity index (χ1) is 9.66. The normalized spacial score (nSPS) is 10.7. The number of halogens is 1. The van der Waals surface area contributed by atoms with Crippen LogP contribution in [0.2, 0.25) is 5.02 Å². The summed E-state index contributed by atoms with van der Waals surface area (Å²) in [7, 11) is 0. The van der Waals surface area contributed by atoms with E-state index in [1.54, 1.807) is 16.8 Å². The lowest BCUT2D eigenvalue weighted by molar-refractivity contribution is 0.475. The molecule has 3 rings (SSSR count). The molecule has 0 amide bonds. The summed E-state index contributed by atoms with van der Waals surface area (Å²) >= 11 is 5.97. The van der Waals surface area contributed by atoms with Gasteiger partial charge in [0, 0.05) is 5.56 Å². The zero-order valence-corrected chi connectivity index (χ0v) is 11.4. The van der Waals surface area contributed by atoms with Crippen LogP contribution in [0.5, 0.6) is 5.75 Å². The summed E-state index contributed by atoms with van der Waals surface area (Å²) in [5.74, 6) is 0.627. The number of hydrogen-bond acceptors (Lipinski definition) is 4. The molecule has 1 heterocycles. The first kappa shape index (κ1) is 12.6. The highest BCUT2D eigenvalue weighted by Gasteiger charge is 2.15. The standard InChI is InChI=1S/C14H11ClN4O/c1-9-7-13(20)12(15)8-11(9)14-16-17-18-19(14)10-5-3-2-4-6-10/h2-8,20H,1H3. The third-order valence-corrected chi connectivity index (χ3v) is 3.31. The van der Waals surface area contributed by atoms with Gasteiger partial charge in [-0.15, -0.1) is 5.10 Å². The van der Waals surface area contributed by atoms with Gasteiger partial charge < -0.3 is 5.11 Å². The number of phenolic OH excluding ortho intramolecular Hbond substituents is 1. The van der Waals surface area contributed by atoms with Crippen molar-refractivity contribution in [1.82, 2.24) is 20.2 Å². The Morgan fingerprint density at radius 3 is 2.65 bits per heavy atom. The lowest BCUT2D eigenvalue weighted by atomic mass is 10.1. The maximum absolute atomic E-state index is 9.62. The second kappa shape index (κ2) is 4.94. The molecule has 0 aliphatic carbocycles. The molecule has 0 radical (unpaired) electrons. The maximum atomic E-state index is 9.62. The molecule has 100 valence electrons. The van der Waals surface area contributed by atoms with E-state index in [9.17, 15) is 5.11 Å². The molecule has 0 saturated heterocycles. The molecule has 1 aromatic heterocycles. The molecule has 0 atom stereocenters. The van der Waals surface area contributed by atoms with Gasteiger partial charge in [0.2, 0.25) is 0 Å². The smallest absolute Gasteiger partial charge is 0.187 e. The number of aromatic hydroxyl groups is 1. The maximum Gasteiger partial charge on any atom is 0.187 e. The van der Waals surface area contributed by atoms with Crippen molar-refractivity contribution >= 4 is 11.6 Å². The summed E-state index contributed by atoms with van der Waals surface area (Å²) in [6, 6.07) is 12.8. The number of hydrogen-bond donors (Lipinski definition) is 1. The van der Waals surface area contributed by atoms with E-state index in [1.807, 2.05) is 37.3 Å². The molecule has 0 bridgehead atoms. The van der Waals surface area contributed by atoms with Crippen LogP contribution in [0.25, 0.3) is 17.1 Å². The summed E-state index contributed by atoms with van der Waals surface area (Å²) in [4.78, 5) is 0. The predicted octanol–water partition coefficient (Wildman–Crippen LogP) is 3.00. The highest BCUT2D eigenvalue weighted by Crippen LogP contribution is 2.32. The fourth-order valence-corrected chi connectivity index (χ4v) is 2.17. The van der Waals surface area contributed by atoms with Gasteiger partial charge in [-0.2, -0.15) is 4.68 Å². The van der Waals surface area contributed by atoms with E-state index in [4.69, 9.17) is 11.6 Å². The van der Waals surface area contributed by atoms with Gasteiger partial charge in [0.05, 0.1) is 10.7 Å². The van der Waals surface area contributed by atoms with E-state index < -0.39 is 0 Å². The largest absolute Gasteiger partial charge is 0.506 e. The van der Waals surface area contributed by atoms with Crippen LogP contribution in [0.4, 0.5) is 0 Å². The van der Waals surface area contributed by atoms with E-state index in [0.29, 0.717) is 5.82 Å². The molecule has 5 nitrogen and oxygen atoms in total. The van der Waals surface area contributed by atoms with E-state index in [1.165, 1.54) is 0 Å². The van der Waals surface area contributed by atoms with Crippen LogP contribution in [0.1, 0.15) is 5.56 Å². The Morgan fingerprint density at radius 2 is 1.90 bits per heavy atom. The van der Waals surface area contributed by atoms with Crippen LogP contribution in [0.3, 0.4) is 0 Å². The number of aromatic nitrogens is 4. The van der Waals surface area contributed by atoms with E-state index >= 15 is 0 Å². The van der Waals surface area contributed by atoms with Crippen LogP contribution >= 0.6 is 11.6 Å². The molecule has 1 N–H and O–H groups in total. The zero-order chi connectivity index (χ0) is 14.1. The van der Waals surface area contributed by atoms with E-state index in [0.717, 1.165) is 16.8 Å². The molecule has 6 heteroatoms. The fraction of sp³-hybridized carbons (Fsp3) is 0.0714. The first-order valence-corrected chi connectivity index (χ1v) is 6.38. The fourth-order valence-electron chi connectivity index (χ4n) is 2.01. The lowest BCUT2D eigenvalue weighted by Gasteiger charge is -2.08. The Kier molecular flexibility index (Phi) is 3.12. The van der Waals surface area contributed by atoms with Crippen LogP contribution in [0.15, 0.2) is 42.5 Å². The van der Waals surface area contributed by atoms with Gasteiger partial charge in [0.25, 0.3) is 0 Å². The summed E-state index contributed by atoms with van der Waals surface area (Å²) in [6.07, 6.45) is 0. The van der Waals surface area contributed by atoms with Gasteiger partial charge in [0.1, 0.15) is 5.75 Å². The quantitative estimate of drug-likeness (QED) is 0.786. The zero-order valence-electron chi connectivity index (χ0n) is 10.7. The third kappa shape index (κ3) is 2.12. The average molecular weight is 287 g/mol. The molecule has 0 unspecified atom stereocenters. The van der Waals surface area contributed by atoms with Gasteiger partial charge in [-0.25, -0.2) is 0 Å². The molecule has 0 aliphatic rings. The van der Waals surface area contributed by atoms with Crippen LogP contribution in [0, 0.1) is 6.92 Å².